The summed E-state index contributed by atoms with van der Waals surface area (Å²) < 4.78 is 33.2. The number of rotatable bonds is 5. The molecular weight excluding hydrogens is 405 g/mol. The fourth-order valence-electron chi connectivity index (χ4n) is 3.02. The fraction of sp³-hybridized carbons (Fsp3) is 0.200. The fourth-order valence-corrected chi connectivity index (χ4v) is 4.12. The Balaban J connectivity index is 2.45. The summed E-state index contributed by atoms with van der Waals surface area (Å²) in [5.41, 5.74) is 0.0410. The highest BCUT2D eigenvalue weighted by molar-refractivity contribution is 7.84. The van der Waals surface area contributed by atoms with Crippen LogP contribution in [0.3, 0.4) is 0 Å². The lowest BCUT2D eigenvalue weighted by Gasteiger charge is -2.19. The van der Waals surface area contributed by atoms with Crippen LogP contribution in [0, 0.1) is 5.82 Å². The van der Waals surface area contributed by atoms with Crippen molar-refractivity contribution in [2.75, 3.05) is 12.9 Å². The Hall–Kier alpha value is -2.51. The maximum Gasteiger partial charge on any atom is 0.344 e. The van der Waals surface area contributed by atoms with Gasteiger partial charge in [0.1, 0.15) is 16.4 Å². The highest BCUT2D eigenvalue weighted by atomic mass is 35.5. The molecule has 0 aliphatic heterocycles. The van der Waals surface area contributed by atoms with Crippen molar-refractivity contribution in [1.29, 1.82) is 0 Å². The van der Waals surface area contributed by atoms with Crippen LogP contribution in [0.1, 0.15) is 22.8 Å². The zero-order valence-corrected chi connectivity index (χ0v) is 16.8. The van der Waals surface area contributed by atoms with E-state index in [-0.39, 0.29) is 34.1 Å². The molecule has 5 nitrogen and oxygen atoms in total. The molecule has 0 aliphatic rings. The standard InChI is InChI=1S/C20H17ClFNO4S/c1-3-27-20(25)17-18(24)13-9-15(22)14(21)10-16(13)23(19(17)28(2)26)11-12-7-5-4-6-8-12/h4-10H,3,11H2,1-2H3/t28-/m1/s1. The average molecular weight is 422 g/mol. The van der Waals surface area contributed by atoms with E-state index in [1.165, 1.54) is 12.3 Å². The van der Waals surface area contributed by atoms with Crippen molar-refractivity contribution in [2.24, 2.45) is 0 Å². The summed E-state index contributed by atoms with van der Waals surface area (Å²) in [7, 11) is -1.70. The predicted octanol–water partition coefficient (Wildman–Crippen LogP) is 3.76. The Labute approximate surface area is 168 Å². The maximum absolute atomic E-state index is 14.1. The van der Waals surface area contributed by atoms with E-state index in [4.69, 9.17) is 16.3 Å². The molecule has 2 aromatic carbocycles. The molecule has 3 rings (SSSR count). The van der Waals surface area contributed by atoms with Crippen LogP contribution in [-0.2, 0) is 22.1 Å². The molecule has 0 spiro atoms. The monoisotopic (exact) mass is 421 g/mol. The zero-order valence-electron chi connectivity index (χ0n) is 15.2. The third-order valence-electron chi connectivity index (χ3n) is 4.20. The number of ether oxygens (including phenoxy) is 1. The number of hydrogen-bond acceptors (Lipinski definition) is 4. The van der Waals surface area contributed by atoms with Crippen LogP contribution in [0.4, 0.5) is 4.39 Å². The molecule has 1 heterocycles. The van der Waals surface area contributed by atoms with Gasteiger partial charge in [0.15, 0.2) is 0 Å². The van der Waals surface area contributed by atoms with Crippen LogP contribution in [0.2, 0.25) is 5.02 Å². The Bertz CT molecular complexity index is 1140. The van der Waals surface area contributed by atoms with Gasteiger partial charge in [-0.3, -0.25) is 9.00 Å². The van der Waals surface area contributed by atoms with Gasteiger partial charge in [0.05, 0.1) is 27.9 Å². The molecule has 0 fully saturated rings. The van der Waals surface area contributed by atoms with Crippen LogP contribution in [0.15, 0.2) is 52.3 Å². The first-order valence-electron chi connectivity index (χ1n) is 8.45. The van der Waals surface area contributed by atoms with Crippen LogP contribution in [0.25, 0.3) is 10.9 Å². The number of hydrogen-bond donors (Lipinski definition) is 0. The Morgan fingerprint density at radius 2 is 1.93 bits per heavy atom. The molecule has 0 aliphatic carbocycles. The summed E-state index contributed by atoms with van der Waals surface area (Å²) in [5.74, 6) is -1.67. The largest absolute Gasteiger partial charge is 0.462 e. The van der Waals surface area contributed by atoms with Crippen molar-refractivity contribution in [1.82, 2.24) is 4.57 Å². The predicted molar refractivity (Wildman–Crippen MR) is 107 cm³/mol. The van der Waals surface area contributed by atoms with Crippen LogP contribution < -0.4 is 5.43 Å². The van der Waals surface area contributed by atoms with Gasteiger partial charge < -0.3 is 9.30 Å². The minimum atomic E-state index is -1.70. The van der Waals surface area contributed by atoms with Gasteiger partial charge in [-0.1, -0.05) is 41.9 Å². The summed E-state index contributed by atoms with van der Waals surface area (Å²) >= 11 is 5.94. The molecule has 3 aromatic rings. The first kappa shape index (κ1) is 20.2. The lowest BCUT2D eigenvalue weighted by atomic mass is 10.1. The van der Waals surface area contributed by atoms with Gasteiger partial charge in [-0.25, -0.2) is 9.18 Å². The van der Waals surface area contributed by atoms with Crippen molar-refractivity contribution >= 4 is 39.3 Å². The van der Waals surface area contributed by atoms with Gasteiger partial charge in [-0.2, -0.15) is 0 Å². The highest BCUT2D eigenvalue weighted by Crippen LogP contribution is 2.26. The van der Waals surface area contributed by atoms with Crippen molar-refractivity contribution in [3.8, 4) is 0 Å². The van der Waals surface area contributed by atoms with Gasteiger partial charge >= 0.3 is 5.97 Å². The molecule has 0 radical (unpaired) electrons. The molecule has 1 atom stereocenters. The van der Waals surface area contributed by atoms with E-state index in [0.29, 0.717) is 5.52 Å². The molecule has 0 bridgehead atoms. The van der Waals surface area contributed by atoms with Crippen molar-refractivity contribution in [3.05, 3.63) is 74.7 Å². The van der Waals surface area contributed by atoms with Gasteiger partial charge in [0, 0.05) is 18.2 Å². The molecule has 8 heteroatoms. The van der Waals surface area contributed by atoms with Gasteiger partial charge in [0.25, 0.3) is 0 Å². The Kier molecular flexibility index (Phi) is 5.96. The number of carbonyl (C=O) groups is 1. The third kappa shape index (κ3) is 3.72. The van der Waals surface area contributed by atoms with E-state index >= 15 is 0 Å². The van der Waals surface area contributed by atoms with Crippen LogP contribution in [-0.4, -0.2) is 27.6 Å². The number of nitrogens with zero attached hydrogens (tertiary/aromatic N) is 1. The van der Waals surface area contributed by atoms with Crippen LogP contribution in [0.5, 0.6) is 0 Å². The van der Waals surface area contributed by atoms with E-state index in [0.717, 1.165) is 11.6 Å². The summed E-state index contributed by atoms with van der Waals surface area (Å²) in [4.78, 5) is 25.5. The van der Waals surface area contributed by atoms with E-state index in [2.05, 4.69) is 0 Å². The zero-order chi connectivity index (χ0) is 20.4. The van der Waals surface area contributed by atoms with E-state index in [1.807, 2.05) is 30.3 Å². The van der Waals surface area contributed by atoms with Gasteiger partial charge in [-0.15, -0.1) is 0 Å². The van der Waals surface area contributed by atoms with Gasteiger partial charge in [0.2, 0.25) is 5.43 Å². The number of carbonyl (C=O) groups excluding carboxylic acids is 1. The van der Waals surface area contributed by atoms with Crippen LogP contribution >= 0.6 is 11.6 Å². The number of pyridine rings is 1. The first-order chi connectivity index (χ1) is 13.3. The molecule has 0 amide bonds. The molecular formula is C20H17ClFNO4S. The normalized spacial score (nSPS) is 12.1. The number of halogens is 2. The summed E-state index contributed by atoms with van der Waals surface area (Å²) in [6, 6.07) is 11.5. The molecule has 146 valence electrons. The summed E-state index contributed by atoms with van der Waals surface area (Å²) in [5, 5.41) is -0.192. The summed E-state index contributed by atoms with van der Waals surface area (Å²) in [6.45, 7) is 1.85. The molecule has 0 saturated heterocycles. The number of esters is 1. The molecule has 28 heavy (non-hydrogen) atoms. The van der Waals surface area contributed by atoms with Gasteiger partial charge in [-0.05, 0) is 24.6 Å². The highest BCUT2D eigenvalue weighted by Gasteiger charge is 2.26. The maximum atomic E-state index is 14.1. The van der Waals surface area contributed by atoms with Crippen molar-refractivity contribution in [2.45, 2.75) is 18.5 Å². The summed E-state index contributed by atoms with van der Waals surface area (Å²) in [6.07, 6.45) is 1.37. The lowest BCUT2D eigenvalue weighted by molar-refractivity contribution is 0.0519. The van der Waals surface area contributed by atoms with Crippen molar-refractivity contribution in [3.63, 3.8) is 0 Å². The smallest absolute Gasteiger partial charge is 0.344 e. The van der Waals surface area contributed by atoms with E-state index < -0.39 is 28.0 Å². The number of aromatic nitrogens is 1. The van der Waals surface area contributed by atoms with E-state index in [1.54, 1.807) is 11.5 Å². The average Bonchev–Trinajstić information content (AvgIpc) is 2.66. The second-order valence-corrected chi connectivity index (χ2v) is 7.74. The molecule has 0 saturated carbocycles. The number of benzene rings is 2. The molecule has 0 N–H and O–H groups in total. The SMILES string of the molecule is CCOC(=O)c1c([S@@](C)=O)n(Cc2ccccc2)c2cc(Cl)c(F)cc2c1=O. The minimum Gasteiger partial charge on any atom is -0.462 e. The third-order valence-corrected chi connectivity index (χ3v) is 5.45. The topological polar surface area (TPSA) is 65.4 Å². The van der Waals surface area contributed by atoms with Crippen molar-refractivity contribution < 1.29 is 18.1 Å². The number of fused-ring (bicyclic) bond motifs is 1. The van der Waals surface area contributed by atoms with E-state index in [9.17, 15) is 18.2 Å². The Morgan fingerprint density at radius 3 is 2.54 bits per heavy atom. The Morgan fingerprint density at radius 1 is 1.25 bits per heavy atom. The molecule has 0 unspecified atom stereocenters. The quantitative estimate of drug-likeness (QED) is 0.588. The molecule has 1 aromatic heterocycles. The lowest BCUT2D eigenvalue weighted by Crippen LogP contribution is -2.26. The minimum absolute atomic E-state index is 0.0162. The second-order valence-electron chi connectivity index (χ2n) is 6.04. The first-order valence-corrected chi connectivity index (χ1v) is 10.4. The second kappa shape index (κ2) is 8.24.